The molecule has 0 aromatic carbocycles. The highest BCUT2D eigenvalue weighted by Gasteiger charge is 2.25. The maximum Gasteiger partial charge on any atom is 0.128 e. The van der Waals surface area contributed by atoms with Crippen molar-refractivity contribution < 1.29 is 5.11 Å². The molecule has 2 heterocycles. The molecular weight excluding hydrogens is 212 g/mol. The zero-order valence-corrected chi connectivity index (χ0v) is 11.0. The second-order valence-electron chi connectivity index (χ2n) is 5.77. The van der Waals surface area contributed by atoms with Gasteiger partial charge in [0.1, 0.15) is 5.82 Å². The maximum atomic E-state index is 9.58. The highest BCUT2D eigenvalue weighted by atomic mass is 16.3. The van der Waals surface area contributed by atoms with Crippen LogP contribution in [0, 0.1) is 5.41 Å². The van der Waals surface area contributed by atoms with Crippen LogP contribution in [0.25, 0.3) is 0 Å². The van der Waals surface area contributed by atoms with E-state index in [9.17, 15) is 5.11 Å². The molecule has 0 radical (unpaired) electrons. The molecule has 1 N–H and O–H groups in total. The van der Waals surface area contributed by atoms with Crippen LogP contribution in [0.1, 0.15) is 45.3 Å². The summed E-state index contributed by atoms with van der Waals surface area (Å²) in [4.78, 5) is 6.72. The zero-order chi connectivity index (χ0) is 12.5. The Morgan fingerprint density at radius 3 is 2.59 bits per heavy atom. The molecule has 1 aliphatic rings. The van der Waals surface area contributed by atoms with E-state index in [1.165, 1.54) is 12.8 Å². The minimum atomic E-state index is -0.419. The summed E-state index contributed by atoms with van der Waals surface area (Å²) in [6, 6.07) is 3.88. The molecule has 1 fully saturated rings. The Bertz CT molecular complexity index is 378. The predicted molar refractivity (Wildman–Crippen MR) is 70.1 cm³/mol. The molecule has 1 aromatic heterocycles. The first-order chi connectivity index (χ1) is 7.98. The molecule has 0 saturated carbocycles. The normalized spacial score (nSPS) is 21.3. The summed E-state index contributed by atoms with van der Waals surface area (Å²) in [5.74, 6) is 0.999. The van der Waals surface area contributed by atoms with Gasteiger partial charge in [0.05, 0.1) is 6.10 Å². The van der Waals surface area contributed by atoms with Crippen molar-refractivity contribution in [2.75, 3.05) is 18.0 Å². The van der Waals surface area contributed by atoms with Crippen LogP contribution >= 0.6 is 0 Å². The van der Waals surface area contributed by atoms with Gasteiger partial charge in [-0.2, -0.15) is 0 Å². The van der Waals surface area contributed by atoms with Crippen LogP contribution < -0.4 is 4.90 Å². The van der Waals surface area contributed by atoms with Crippen LogP contribution in [0.2, 0.25) is 0 Å². The molecule has 1 aromatic rings. The number of anilines is 1. The van der Waals surface area contributed by atoms with E-state index in [2.05, 4.69) is 23.7 Å². The first kappa shape index (κ1) is 12.4. The number of aliphatic hydroxyl groups excluding tert-OH is 1. The fourth-order valence-electron chi connectivity index (χ4n) is 2.21. The number of pyridine rings is 1. The first-order valence-corrected chi connectivity index (χ1v) is 6.37. The zero-order valence-electron chi connectivity index (χ0n) is 11.0. The van der Waals surface area contributed by atoms with Gasteiger partial charge in [-0.3, -0.25) is 0 Å². The molecule has 1 unspecified atom stereocenters. The standard InChI is InChI=1S/C14H22N2O/c1-11(17)12-4-7-15-13(10-12)16-8-5-14(2,3)6-9-16/h4,7,10-11,17H,5-6,8-9H2,1-3H3. The van der Waals surface area contributed by atoms with Crippen LogP contribution in [0.5, 0.6) is 0 Å². The van der Waals surface area contributed by atoms with Crippen LogP contribution in [-0.2, 0) is 0 Å². The molecule has 94 valence electrons. The number of hydrogen-bond acceptors (Lipinski definition) is 3. The van der Waals surface area contributed by atoms with Gasteiger partial charge in [0.15, 0.2) is 0 Å². The van der Waals surface area contributed by atoms with Gasteiger partial charge in [-0.15, -0.1) is 0 Å². The molecule has 3 heteroatoms. The van der Waals surface area contributed by atoms with E-state index < -0.39 is 6.10 Å². The van der Waals surface area contributed by atoms with Gasteiger partial charge in [0.2, 0.25) is 0 Å². The molecule has 2 rings (SSSR count). The Morgan fingerprint density at radius 1 is 1.35 bits per heavy atom. The van der Waals surface area contributed by atoms with Gasteiger partial charge in [-0.1, -0.05) is 13.8 Å². The van der Waals surface area contributed by atoms with Crippen molar-refractivity contribution in [3.05, 3.63) is 23.9 Å². The van der Waals surface area contributed by atoms with Crippen molar-refractivity contribution in [1.29, 1.82) is 0 Å². The predicted octanol–water partition coefficient (Wildman–Crippen LogP) is 2.76. The SMILES string of the molecule is CC(O)c1ccnc(N2CCC(C)(C)CC2)c1. The summed E-state index contributed by atoms with van der Waals surface area (Å²) >= 11 is 0. The molecule has 0 spiro atoms. The second-order valence-corrected chi connectivity index (χ2v) is 5.77. The molecule has 17 heavy (non-hydrogen) atoms. The van der Waals surface area contributed by atoms with Crippen LogP contribution in [0.3, 0.4) is 0 Å². The van der Waals surface area contributed by atoms with E-state index >= 15 is 0 Å². The summed E-state index contributed by atoms with van der Waals surface area (Å²) in [7, 11) is 0. The number of aliphatic hydroxyl groups is 1. The van der Waals surface area contributed by atoms with Crippen molar-refractivity contribution in [3.63, 3.8) is 0 Å². The summed E-state index contributed by atoms with van der Waals surface area (Å²) < 4.78 is 0. The van der Waals surface area contributed by atoms with Crippen molar-refractivity contribution in [2.45, 2.75) is 39.7 Å². The van der Waals surface area contributed by atoms with Crippen molar-refractivity contribution in [3.8, 4) is 0 Å². The molecular formula is C14H22N2O. The lowest BCUT2D eigenvalue weighted by atomic mass is 9.83. The van der Waals surface area contributed by atoms with E-state index in [0.29, 0.717) is 5.41 Å². The number of aromatic nitrogens is 1. The van der Waals surface area contributed by atoms with E-state index in [-0.39, 0.29) is 0 Å². The minimum Gasteiger partial charge on any atom is -0.389 e. The summed E-state index contributed by atoms with van der Waals surface area (Å²) in [5, 5.41) is 9.58. The largest absolute Gasteiger partial charge is 0.389 e. The van der Waals surface area contributed by atoms with Gasteiger partial charge in [-0.05, 0) is 42.9 Å². The van der Waals surface area contributed by atoms with Crippen LogP contribution in [-0.4, -0.2) is 23.2 Å². The van der Waals surface area contributed by atoms with Gasteiger partial charge in [0, 0.05) is 19.3 Å². The molecule has 1 aliphatic heterocycles. The Hall–Kier alpha value is -1.09. The lowest BCUT2D eigenvalue weighted by molar-refractivity contribution is 0.199. The third-order valence-corrected chi connectivity index (χ3v) is 3.69. The third kappa shape index (κ3) is 2.97. The van der Waals surface area contributed by atoms with E-state index in [1.54, 1.807) is 13.1 Å². The first-order valence-electron chi connectivity index (χ1n) is 6.37. The highest BCUT2D eigenvalue weighted by Crippen LogP contribution is 2.31. The fraction of sp³-hybridized carbons (Fsp3) is 0.643. The molecule has 1 saturated heterocycles. The average Bonchev–Trinajstić information content (AvgIpc) is 2.29. The average molecular weight is 234 g/mol. The van der Waals surface area contributed by atoms with Crippen LogP contribution in [0.4, 0.5) is 5.82 Å². The molecule has 3 nitrogen and oxygen atoms in total. The number of hydrogen-bond donors (Lipinski definition) is 1. The van der Waals surface area contributed by atoms with Gasteiger partial charge in [0.25, 0.3) is 0 Å². The lowest BCUT2D eigenvalue weighted by Gasteiger charge is -2.37. The summed E-state index contributed by atoms with van der Waals surface area (Å²) in [5.41, 5.74) is 1.40. The molecule has 0 bridgehead atoms. The Kier molecular flexibility index (Phi) is 3.38. The lowest BCUT2D eigenvalue weighted by Crippen LogP contribution is -2.37. The van der Waals surface area contributed by atoms with E-state index in [0.717, 1.165) is 24.5 Å². The smallest absolute Gasteiger partial charge is 0.128 e. The molecule has 1 atom stereocenters. The van der Waals surface area contributed by atoms with Gasteiger partial charge in [-0.25, -0.2) is 4.98 Å². The van der Waals surface area contributed by atoms with E-state index in [1.807, 2.05) is 12.1 Å². The Balaban J connectivity index is 2.10. The van der Waals surface area contributed by atoms with E-state index in [4.69, 9.17) is 0 Å². The van der Waals surface area contributed by atoms with Crippen molar-refractivity contribution in [1.82, 2.24) is 4.98 Å². The highest BCUT2D eigenvalue weighted by molar-refractivity contribution is 5.42. The summed E-state index contributed by atoms with van der Waals surface area (Å²) in [6.45, 7) is 8.55. The van der Waals surface area contributed by atoms with Gasteiger partial charge >= 0.3 is 0 Å². The van der Waals surface area contributed by atoms with Crippen molar-refractivity contribution >= 4 is 5.82 Å². The molecule has 0 amide bonds. The van der Waals surface area contributed by atoms with Crippen molar-refractivity contribution in [2.24, 2.45) is 5.41 Å². The topological polar surface area (TPSA) is 36.4 Å². The number of piperidine rings is 1. The Labute approximate surface area is 103 Å². The second kappa shape index (κ2) is 4.65. The van der Waals surface area contributed by atoms with Crippen LogP contribution in [0.15, 0.2) is 18.3 Å². The Morgan fingerprint density at radius 2 is 2.00 bits per heavy atom. The third-order valence-electron chi connectivity index (χ3n) is 3.69. The fourth-order valence-corrected chi connectivity index (χ4v) is 2.21. The number of rotatable bonds is 2. The molecule has 0 aliphatic carbocycles. The summed E-state index contributed by atoms with van der Waals surface area (Å²) in [6.07, 6.45) is 3.77. The quantitative estimate of drug-likeness (QED) is 0.854. The van der Waals surface area contributed by atoms with Gasteiger partial charge < -0.3 is 10.0 Å². The number of nitrogens with zero attached hydrogens (tertiary/aromatic N) is 2. The maximum absolute atomic E-state index is 9.58. The minimum absolute atomic E-state index is 0.419. The monoisotopic (exact) mass is 234 g/mol.